The minimum absolute atomic E-state index is 0.0851. The number of hydrogen-bond donors (Lipinski definition) is 2. The zero-order chi connectivity index (χ0) is 23.9. The van der Waals surface area contributed by atoms with Gasteiger partial charge in [0.15, 0.2) is 11.5 Å². The Bertz CT molecular complexity index is 1640. The summed E-state index contributed by atoms with van der Waals surface area (Å²) in [5.41, 5.74) is 5.79. The molecular weight excluding hydrogens is 440 g/mol. The number of amides is 1. The summed E-state index contributed by atoms with van der Waals surface area (Å²) in [7, 11) is 1.87. The molecule has 2 N–H and O–H groups in total. The Labute approximate surface area is 201 Å². The molecule has 3 aromatic heterocycles. The summed E-state index contributed by atoms with van der Waals surface area (Å²) >= 11 is 0. The van der Waals surface area contributed by atoms with E-state index in [4.69, 9.17) is 9.97 Å². The number of anilines is 1. The Morgan fingerprint density at radius 3 is 2.83 bits per heavy atom. The normalized spacial score (nSPS) is 13.1. The lowest BCUT2D eigenvalue weighted by Gasteiger charge is -2.13. The molecule has 3 heterocycles. The van der Waals surface area contributed by atoms with Crippen molar-refractivity contribution in [3.63, 3.8) is 0 Å². The summed E-state index contributed by atoms with van der Waals surface area (Å²) in [5.74, 6) is 0.501. The van der Waals surface area contributed by atoms with Gasteiger partial charge in [-0.05, 0) is 37.1 Å². The van der Waals surface area contributed by atoms with Gasteiger partial charge in [-0.3, -0.25) is 13.9 Å². The first-order chi connectivity index (χ1) is 17.1. The molecule has 172 valence electrons. The zero-order valence-electron chi connectivity index (χ0n) is 19.1. The van der Waals surface area contributed by atoms with E-state index in [1.807, 2.05) is 48.0 Å². The molecule has 0 bridgehead atoms. The van der Waals surface area contributed by atoms with Gasteiger partial charge < -0.3 is 10.6 Å². The lowest BCUT2D eigenvalue weighted by molar-refractivity contribution is 0.0951. The van der Waals surface area contributed by atoms with Crippen LogP contribution in [0.2, 0.25) is 0 Å². The monoisotopic (exact) mass is 462 g/mol. The molecule has 1 fully saturated rings. The average molecular weight is 463 g/mol. The van der Waals surface area contributed by atoms with Crippen molar-refractivity contribution < 1.29 is 4.79 Å². The Kier molecular flexibility index (Phi) is 4.92. The molecule has 9 heteroatoms. The number of nitrogens with zero attached hydrogens (tertiary/aromatic N) is 6. The molecule has 0 atom stereocenters. The van der Waals surface area contributed by atoms with Gasteiger partial charge in [-0.1, -0.05) is 18.2 Å². The van der Waals surface area contributed by atoms with E-state index in [1.165, 1.54) is 0 Å². The maximum absolute atomic E-state index is 13.0. The first kappa shape index (κ1) is 20.9. The van der Waals surface area contributed by atoms with Crippen LogP contribution in [0.1, 0.15) is 34.3 Å². The Morgan fingerprint density at radius 1 is 1.20 bits per heavy atom. The van der Waals surface area contributed by atoms with Crippen molar-refractivity contribution in [3.8, 4) is 17.3 Å². The summed E-state index contributed by atoms with van der Waals surface area (Å²) in [6.45, 7) is 0.516. The van der Waals surface area contributed by atoms with E-state index in [0.29, 0.717) is 34.7 Å². The van der Waals surface area contributed by atoms with Gasteiger partial charge in [0.05, 0.1) is 40.8 Å². The number of nitrogens with one attached hydrogen (secondary N) is 2. The summed E-state index contributed by atoms with van der Waals surface area (Å²) in [6, 6.07) is 15.4. The fourth-order valence-corrected chi connectivity index (χ4v) is 4.26. The molecule has 0 unspecified atom stereocenters. The number of fused-ring (bicyclic) bond motifs is 3. The molecule has 2 aromatic carbocycles. The number of carbonyl (C=O) groups excluding carboxylic acids is 1. The fourth-order valence-electron chi connectivity index (χ4n) is 4.26. The van der Waals surface area contributed by atoms with Crippen molar-refractivity contribution >= 4 is 28.4 Å². The molecule has 1 saturated carbocycles. The van der Waals surface area contributed by atoms with Gasteiger partial charge in [0, 0.05) is 42.5 Å². The van der Waals surface area contributed by atoms with E-state index in [0.717, 1.165) is 35.2 Å². The number of aryl methyl sites for hydroxylation is 1. The predicted molar refractivity (Wildman–Crippen MR) is 132 cm³/mol. The van der Waals surface area contributed by atoms with Crippen molar-refractivity contribution in [1.29, 1.82) is 5.26 Å². The number of hydrogen-bond acceptors (Lipinski definition) is 6. The molecule has 0 saturated heterocycles. The fraction of sp³-hybridized carbons (Fsp3) is 0.192. The highest BCUT2D eigenvalue weighted by molar-refractivity contribution is 6.01. The third kappa shape index (κ3) is 3.85. The van der Waals surface area contributed by atoms with Crippen molar-refractivity contribution in [2.24, 2.45) is 7.05 Å². The van der Waals surface area contributed by atoms with E-state index in [-0.39, 0.29) is 11.9 Å². The molecular formula is C26H22N8O. The van der Waals surface area contributed by atoms with Crippen LogP contribution in [0.15, 0.2) is 61.1 Å². The van der Waals surface area contributed by atoms with E-state index >= 15 is 0 Å². The van der Waals surface area contributed by atoms with Crippen LogP contribution < -0.4 is 10.6 Å². The zero-order valence-corrected chi connectivity index (χ0v) is 19.1. The van der Waals surface area contributed by atoms with E-state index in [9.17, 15) is 10.1 Å². The van der Waals surface area contributed by atoms with Gasteiger partial charge in [0.25, 0.3) is 5.91 Å². The quantitative estimate of drug-likeness (QED) is 0.398. The van der Waals surface area contributed by atoms with Crippen molar-refractivity contribution in [1.82, 2.24) is 29.5 Å². The SMILES string of the molecule is Cn1cc(CNc2nc3cc(C#N)ccc3n3c(-c4ccccc4C(=O)NC4CC4)cnc23)cn1. The minimum atomic E-state index is -0.0851. The van der Waals surface area contributed by atoms with Crippen molar-refractivity contribution in [3.05, 3.63) is 77.7 Å². The molecule has 1 aliphatic carbocycles. The molecule has 35 heavy (non-hydrogen) atoms. The summed E-state index contributed by atoms with van der Waals surface area (Å²) in [5, 5.41) is 20.1. The van der Waals surface area contributed by atoms with Gasteiger partial charge in [0.1, 0.15) is 0 Å². The van der Waals surface area contributed by atoms with Gasteiger partial charge >= 0.3 is 0 Å². The van der Waals surface area contributed by atoms with Gasteiger partial charge in [-0.15, -0.1) is 0 Å². The molecule has 6 rings (SSSR count). The Hall–Kier alpha value is -4.71. The van der Waals surface area contributed by atoms with Crippen LogP contribution in [0.3, 0.4) is 0 Å². The molecule has 0 aliphatic heterocycles. The van der Waals surface area contributed by atoms with Gasteiger partial charge in [-0.2, -0.15) is 10.4 Å². The summed E-state index contributed by atoms with van der Waals surface area (Å²) < 4.78 is 3.75. The van der Waals surface area contributed by atoms with Crippen LogP contribution in [0.5, 0.6) is 0 Å². The second-order valence-corrected chi connectivity index (χ2v) is 8.75. The molecule has 0 radical (unpaired) electrons. The standard InChI is InChI=1S/C26H22N8O/c1-33-15-17(13-30-33)12-28-24-25-29-14-23(34(25)22-9-6-16(11-27)10-21(22)32-24)19-4-2-3-5-20(19)26(35)31-18-7-8-18/h2-6,9-10,13-15,18H,7-8,12H2,1H3,(H,28,32)(H,31,35). The number of imidazole rings is 1. The first-order valence-corrected chi connectivity index (χ1v) is 11.4. The highest BCUT2D eigenvalue weighted by Crippen LogP contribution is 2.31. The van der Waals surface area contributed by atoms with Gasteiger partial charge in [-0.25, -0.2) is 9.97 Å². The van der Waals surface area contributed by atoms with Crippen molar-refractivity contribution in [2.75, 3.05) is 5.32 Å². The number of carbonyl (C=O) groups is 1. The van der Waals surface area contributed by atoms with Crippen LogP contribution >= 0.6 is 0 Å². The first-order valence-electron chi connectivity index (χ1n) is 11.4. The second-order valence-electron chi connectivity index (χ2n) is 8.75. The van der Waals surface area contributed by atoms with Crippen LogP contribution in [0, 0.1) is 11.3 Å². The van der Waals surface area contributed by atoms with Crippen LogP contribution in [0.4, 0.5) is 5.82 Å². The highest BCUT2D eigenvalue weighted by atomic mass is 16.1. The third-order valence-electron chi connectivity index (χ3n) is 6.13. The lowest BCUT2D eigenvalue weighted by atomic mass is 10.0. The lowest BCUT2D eigenvalue weighted by Crippen LogP contribution is -2.25. The maximum Gasteiger partial charge on any atom is 0.252 e. The topological polar surface area (TPSA) is 113 Å². The Morgan fingerprint density at radius 2 is 2.06 bits per heavy atom. The smallest absolute Gasteiger partial charge is 0.252 e. The summed E-state index contributed by atoms with van der Waals surface area (Å²) in [4.78, 5) is 22.5. The molecule has 1 aliphatic rings. The largest absolute Gasteiger partial charge is 0.363 e. The average Bonchev–Trinajstić information content (AvgIpc) is 3.41. The second kappa shape index (κ2) is 8.25. The molecule has 0 spiro atoms. The predicted octanol–water partition coefficient (Wildman–Crippen LogP) is 3.66. The molecule has 5 aromatic rings. The van der Waals surface area contributed by atoms with Crippen LogP contribution in [-0.4, -0.2) is 36.1 Å². The van der Waals surface area contributed by atoms with Gasteiger partial charge in [0.2, 0.25) is 0 Å². The summed E-state index contributed by atoms with van der Waals surface area (Å²) in [6.07, 6.45) is 7.54. The molecule has 1 amide bonds. The minimum Gasteiger partial charge on any atom is -0.363 e. The number of rotatable bonds is 6. The Balaban J connectivity index is 1.52. The molecule has 9 nitrogen and oxygen atoms in total. The number of benzene rings is 2. The third-order valence-corrected chi connectivity index (χ3v) is 6.13. The van der Waals surface area contributed by atoms with Crippen LogP contribution in [-0.2, 0) is 13.6 Å². The maximum atomic E-state index is 13.0. The van der Waals surface area contributed by atoms with E-state index in [2.05, 4.69) is 21.8 Å². The highest BCUT2D eigenvalue weighted by Gasteiger charge is 2.26. The number of aromatic nitrogens is 5. The van der Waals surface area contributed by atoms with Crippen molar-refractivity contribution in [2.45, 2.75) is 25.4 Å². The number of nitriles is 1. The van der Waals surface area contributed by atoms with E-state index < -0.39 is 0 Å². The van der Waals surface area contributed by atoms with E-state index in [1.54, 1.807) is 29.2 Å². The van der Waals surface area contributed by atoms with Crippen LogP contribution in [0.25, 0.3) is 27.9 Å².